The molecule has 0 atom stereocenters. The normalized spacial score (nSPS) is 19.5. The van der Waals surface area contributed by atoms with E-state index in [4.69, 9.17) is 0 Å². The van der Waals surface area contributed by atoms with E-state index in [-0.39, 0.29) is 6.10 Å². The number of rotatable bonds is 3. The summed E-state index contributed by atoms with van der Waals surface area (Å²) in [5.74, 6) is 0. The van der Waals surface area contributed by atoms with Gasteiger partial charge in [0.1, 0.15) is 0 Å². The first-order valence-corrected chi connectivity index (χ1v) is 6.08. The summed E-state index contributed by atoms with van der Waals surface area (Å²) < 4.78 is 2.21. The highest BCUT2D eigenvalue weighted by Gasteiger charge is 2.18. The van der Waals surface area contributed by atoms with E-state index in [1.54, 1.807) is 0 Å². The van der Waals surface area contributed by atoms with E-state index < -0.39 is 0 Å². The minimum Gasteiger partial charge on any atom is -0.393 e. The Morgan fingerprint density at radius 3 is 2.75 bits per heavy atom. The Hall–Kier alpha value is -0.870. The minimum atomic E-state index is -0.0914. The van der Waals surface area contributed by atoms with Crippen LogP contribution in [0.1, 0.15) is 38.4 Å². The average Bonchev–Trinajstić information content (AvgIpc) is 2.69. The molecule has 0 aromatic carbocycles. The van der Waals surface area contributed by atoms with E-state index in [0.717, 1.165) is 32.5 Å². The summed E-state index contributed by atoms with van der Waals surface area (Å²) in [5.41, 5.74) is 1.27. The molecule has 0 radical (unpaired) electrons. The van der Waals surface area contributed by atoms with E-state index in [0.29, 0.717) is 6.04 Å². The number of hydrogen-bond acceptors (Lipinski definition) is 3. The number of aliphatic hydroxyl groups excluding tert-OH is 1. The first kappa shape index (κ1) is 11.6. The van der Waals surface area contributed by atoms with Crippen molar-refractivity contribution < 1.29 is 5.11 Å². The lowest BCUT2D eigenvalue weighted by molar-refractivity contribution is 0.0780. The van der Waals surface area contributed by atoms with E-state index in [9.17, 15) is 5.11 Å². The Labute approximate surface area is 96.9 Å². The highest BCUT2D eigenvalue weighted by Crippen LogP contribution is 2.15. The monoisotopic (exact) mass is 223 g/mol. The topological polar surface area (TPSA) is 41.3 Å². The molecule has 1 N–H and O–H groups in total. The zero-order chi connectivity index (χ0) is 11.5. The van der Waals surface area contributed by atoms with Crippen LogP contribution in [-0.4, -0.2) is 38.8 Å². The van der Waals surface area contributed by atoms with Crippen molar-refractivity contribution in [2.24, 2.45) is 0 Å². The molecule has 4 nitrogen and oxygen atoms in total. The second-order valence-corrected chi connectivity index (χ2v) is 4.89. The first-order chi connectivity index (χ1) is 7.66. The molecule has 2 rings (SSSR count). The number of imidazole rings is 1. The molecule has 1 saturated heterocycles. The fourth-order valence-corrected chi connectivity index (χ4v) is 2.23. The van der Waals surface area contributed by atoms with Crippen LogP contribution in [0, 0.1) is 0 Å². The second kappa shape index (κ2) is 4.97. The van der Waals surface area contributed by atoms with Crippen molar-refractivity contribution in [3.8, 4) is 0 Å². The zero-order valence-electron chi connectivity index (χ0n) is 10.1. The van der Waals surface area contributed by atoms with Crippen molar-refractivity contribution in [2.75, 3.05) is 13.1 Å². The number of nitrogens with zero attached hydrogens (tertiary/aromatic N) is 3. The molecule has 1 aromatic rings. The van der Waals surface area contributed by atoms with Crippen LogP contribution in [0.15, 0.2) is 12.5 Å². The van der Waals surface area contributed by atoms with Crippen LogP contribution in [0.25, 0.3) is 0 Å². The van der Waals surface area contributed by atoms with Gasteiger partial charge in [-0.3, -0.25) is 4.90 Å². The fourth-order valence-electron chi connectivity index (χ4n) is 2.23. The third-order valence-electron chi connectivity index (χ3n) is 3.25. The maximum Gasteiger partial charge on any atom is 0.0951 e. The molecule has 0 amide bonds. The van der Waals surface area contributed by atoms with E-state index in [2.05, 4.69) is 28.3 Å². The summed E-state index contributed by atoms with van der Waals surface area (Å²) in [6.45, 7) is 7.27. The lowest BCUT2D eigenvalue weighted by Crippen LogP contribution is -2.35. The van der Waals surface area contributed by atoms with Crippen LogP contribution in [0.5, 0.6) is 0 Å². The molecule has 0 aliphatic carbocycles. The molecule has 1 aliphatic rings. The van der Waals surface area contributed by atoms with Crippen molar-refractivity contribution in [1.82, 2.24) is 14.5 Å². The maximum absolute atomic E-state index is 9.45. The summed E-state index contributed by atoms with van der Waals surface area (Å²) in [6, 6.07) is 0.466. The number of aromatic nitrogens is 2. The number of likely N-dealkylation sites (tertiary alicyclic amines) is 1. The van der Waals surface area contributed by atoms with Crippen LogP contribution in [-0.2, 0) is 6.54 Å². The first-order valence-electron chi connectivity index (χ1n) is 6.08. The van der Waals surface area contributed by atoms with Gasteiger partial charge in [0.25, 0.3) is 0 Å². The third kappa shape index (κ3) is 2.62. The quantitative estimate of drug-likeness (QED) is 0.842. The fraction of sp³-hybridized carbons (Fsp3) is 0.750. The lowest BCUT2D eigenvalue weighted by Gasteiger charge is -2.29. The third-order valence-corrected chi connectivity index (χ3v) is 3.25. The highest BCUT2D eigenvalue weighted by atomic mass is 16.3. The molecular formula is C12H21N3O. The summed E-state index contributed by atoms with van der Waals surface area (Å²) in [6.07, 6.45) is 5.56. The molecule has 0 unspecified atom stereocenters. The van der Waals surface area contributed by atoms with Gasteiger partial charge in [-0.25, -0.2) is 4.98 Å². The standard InChI is InChI=1S/C12H21N3O/c1-10(2)15-9-13-7-11(15)8-14-5-3-12(16)4-6-14/h7,9-10,12,16H,3-6,8H2,1-2H3. The Bertz CT molecular complexity index is 327. The molecule has 16 heavy (non-hydrogen) atoms. The van der Waals surface area contributed by atoms with Crippen molar-refractivity contribution >= 4 is 0 Å². The molecule has 1 aliphatic heterocycles. The number of piperidine rings is 1. The van der Waals surface area contributed by atoms with Crippen LogP contribution in [0.2, 0.25) is 0 Å². The van der Waals surface area contributed by atoms with Crippen molar-refractivity contribution in [2.45, 2.75) is 45.4 Å². The Kier molecular flexibility index (Phi) is 3.61. The van der Waals surface area contributed by atoms with Gasteiger partial charge in [-0.15, -0.1) is 0 Å². The smallest absolute Gasteiger partial charge is 0.0951 e. The van der Waals surface area contributed by atoms with E-state index in [1.165, 1.54) is 5.69 Å². The molecule has 1 fully saturated rings. The number of aliphatic hydroxyl groups is 1. The SMILES string of the molecule is CC(C)n1cncc1CN1CCC(O)CC1. The molecule has 90 valence electrons. The predicted octanol–water partition coefficient (Wildman–Crippen LogP) is 1.42. The van der Waals surface area contributed by atoms with Crippen molar-refractivity contribution in [3.63, 3.8) is 0 Å². The molecule has 0 bridgehead atoms. The highest BCUT2D eigenvalue weighted by molar-refractivity contribution is 5.00. The molecule has 4 heteroatoms. The molecule has 0 saturated carbocycles. The average molecular weight is 223 g/mol. The van der Waals surface area contributed by atoms with Gasteiger partial charge in [-0.05, 0) is 26.7 Å². The van der Waals surface area contributed by atoms with Crippen LogP contribution in [0.3, 0.4) is 0 Å². The second-order valence-electron chi connectivity index (χ2n) is 4.89. The van der Waals surface area contributed by atoms with Gasteiger partial charge < -0.3 is 9.67 Å². The molecule has 0 spiro atoms. The zero-order valence-corrected chi connectivity index (χ0v) is 10.1. The van der Waals surface area contributed by atoms with Crippen LogP contribution >= 0.6 is 0 Å². The minimum absolute atomic E-state index is 0.0914. The van der Waals surface area contributed by atoms with E-state index in [1.807, 2.05) is 12.5 Å². The van der Waals surface area contributed by atoms with E-state index >= 15 is 0 Å². The van der Waals surface area contributed by atoms with Crippen molar-refractivity contribution in [3.05, 3.63) is 18.2 Å². The lowest BCUT2D eigenvalue weighted by atomic mass is 10.1. The van der Waals surface area contributed by atoms with Gasteiger partial charge in [0, 0.05) is 31.9 Å². The maximum atomic E-state index is 9.45. The predicted molar refractivity (Wildman–Crippen MR) is 63.1 cm³/mol. The summed E-state index contributed by atoms with van der Waals surface area (Å²) in [7, 11) is 0. The largest absolute Gasteiger partial charge is 0.393 e. The number of hydrogen-bond donors (Lipinski definition) is 1. The molecule has 2 heterocycles. The van der Waals surface area contributed by atoms with Gasteiger partial charge in [-0.1, -0.05) is 0 Å². The van der Waals surface area contributed by atoms with Gasteiger partial charge >= 0.3 is 0 Å². The Balaban J connectivity index is 1.96. The Morgan fingerprint density at radius 1 is 1.44 bits per heavy atom. The van der Waals surface area contributed by atoms with Crippen molar-refractivity contribution in [1.29, 1.82) is 0 Å². The summed E-state index contributed by atoms with van der Waals surface area (Å²) >= 11 is 0. The Morgan fingerprint density at radius 2 is 2.12 bits per heavy atom. The van der Waals surface area contributed by atoms with Gasteiger partial charge in [0.15, 0.2) is 0 Å². The van der Waals surface area contributed by atoms with Gasteiger partial charge in [0.05, 0.1) is 18.1 Å². The molecule has 1 aromatic heterocycles. The van der Waals surface area contributed by atoms with Gasteiger partial charge in [0.2, 0.25) is 0 Å². The molecular weight excluding hydrogens is 202 g/mol. The van der Waals surface area contributed by atoms with Gasteiger partial charge in [-0.2, -0.15) is 0 Å². The summed E-state index contributed by atoms with van der Waals surface area (Å²) in [4.78, 5) is 6.60. The van der Waals surface area contributed by atoms with Crippen LogP contribution in [0.4, 0.5) is 0 Å². The summed E-state index contributed by atoms with van der Waals surface area (Å²) in [5, 5.41) is 9.45. The van der Waals surface area contributed by atoms with Crippen LogP contribution < -0.4 is 0 Å².